The van der Waals surface area contributed by atoms with Gasteiger partial charge < -0.3 is 10.4 Å². The molecule has 104 valence electrons. The summed E-state index contributed by atoms with van der Waals surface area (Å²) in [4.78, 5) is 22.2. The summed E-state index contributed by atoms with van der Waals surface area (Å²) in [6, 6.07) is 6.93. The van der Waals surface area contributed by atoms with E-state index >= 15 is 0 Å². The van der Waals surface area contributed by atoms with Gasteiger partial charge in [-0.2, -0.15) is 0 Å². The Labute approximate surface area is 117 Å². The van der Waals surface area contributed by atoms with Gasteiger partial charge in [-0.3, -0.25) is 4.79 Å². The molecule has 2 N–H and O–H groups in total. The van der Waals surface area contributed by atoms with Gasteiger partial charge in [0.25, 0.3) is 0 Å². The van der Waals surface area contributed by atoms with E-state index in [4.69, 9.17) is 5.11 Å². The summed E-state index contributed by atoms with van der Waals surface area (Å²) in [6.07, 6.45) is 0.924. The first-order chi connectivity index (χ1) is 9.02. The standard InChI is InChI=1S/C14H19NO3S/c1-3-10(2)15-13(16)9-19-8-11-4-6-12(7-5-11)14(17)18/h4-7,10H,3,8-9H2,1-2H3,(H,15,16)(H,17,18). The van der Waals surface area contributed by atoms with Gasteiger partial charge >= 0.3 is 5.97 Å². The average Bonchev–Trinajstić information content (AvgIpc) is 2.39. The smallest absolute Gasteiger partial charge is 0.335 e. The molecule has 0 aliphatic heterocycles. The molecule has 0 aliphatic rings. The van der Waals surface area contributed by atoms with E-state index in [2.05, 4.69) is 5.32 Å². The molecule has 4 nitrogen and oxygen atoms in total. The third-order valence-corrected chi connectivity index (χ3v) is 3.73. The Morgan fingerprint density at radius 1 is 1.32 bits per heavy atom. The van der Waals surface area contributed by atoms with Crippen LogP contribution < -0.4 is 5.32 Å². The summed E-state index contributed by atoms with van der Waals surface area (Å²) < 4.78 is 0. The van der Waals surface area contributed by atoms with Crippen LogP contribution in [-0.2, 0) is 10.5 Å². The van der Waals surface area contributed by atoms with Crippen molar-refractivity contribution in [1.82, 2.24) is 5.32 Å². The second-order valence-electron chi connectivity index (χ2n) is 4.37. The average molecular weight is 281 g/mol. The molecule has 0 bridgehead atoms. The van der Waals surface area contributed by atoms with Crippen LogP contribution in [0.2, 0.25) is 0 Å². The van der Waals surface area contributed by atoms with Gasteiger partial charge in [0.2, 0.25) is 5.91 Å². The Kier molecular flexibility index (Phi) is 6.42. The van der Waals surface area contributed by atoms with Crippen LogP contribution in [0.25, 0.3) is 0 Å². The van der Waals surface area contributed by atoms with E-state index in [1.54, 1.807) is 24.3 Å². The molecule has 0 saturated heterocycles. The van der Waals surface area contributed by atoms with Gasteiger partial charge in [-0.25, -0.2) is 4.79 Å². The molecule has 1 rings (SSSR count). The van der Waals surface area contributed by atoms with Crippen LogP contribution in [-0.4, -0.2) is 28.8 Å². The van der Waals surface area contributed by atoms with Gasteiger partial charge in [0.15, 0.2) is 0 Å². The minimum Gasteiger partial charge on any atom is -0.478 e. The first-order valence-corrected chi connectivity index (χ1v) is 7.37. The fraction of sp³-hybridized carbons (Fsp3) is 0.429. The molecule has 1 unspecified atom stereocenters. The summed E-state index contributed by atoms with van der Waals surface area (Å²) in [6.45, 7) is 4.01. The van der Waals surface area contributed by atoms with E-state index in [9.17, 15) is 9.59 Å². The SMILES string of the molecule is CCC(C)NC(=O)CSCc1ccc(C(=O)O)cc1. The largest absolute Gasteiger partial charge is 0.478 e. The molecule has 0 spiro atoms. The van der Waals surface area contributed by atoms with Crippen molar-refractivity contribution in [3.8, 4) is 0 Å². The van der Waals surface area contributed by atoms with Crippen LogP contribution in [0.3, 0.4) is 0 Å². The van der Waals surface area contributed by atoms with E-state index in [1.165, 1.54) is 11.8 Å². The zero-order valence-corrected chi connectivity index (χ0v) is 12.0. The number of carboxylic acid groups (broad SMARTS) is 1. The maximum atomic E-state index is 11.5. The molecule has 1 aromatic carbocycles. The van der Waals surface area contributed by atoms with Crippen molar-refractivity contribution in [3.05, 3.63) is 35.4 Å². The van der Waals surface area contributed by atoms with Crippen molar-refractivity contribution in [3.63, 3.8) is 0 Å². The minimum absolute atomic E-state index is 0.0431. The lowest BCUT2D eigenvalue weighted by Gasteiger charge is -2.10. The van der Waals surface area contributed by atoms with Crippen molar-refractivity contribution >= 4 is 23.6 Å². The monoisotopic (exact) mass is 281 g/mol. The lowest BCUT2D eigenvalue weighted by molar-refractivity contribution is -0.119. The fourth-order valence-corrected chi connectivity index (χ4v) is 2.22. The number of amides is 1. The highest BCUT2D eigenvalue weighted by Gasteiger charge is 2.06. The van der Waals surface area contributed by atoms with Crippen LogP contribution in [0.4, 0.5) is 0 Å². The first kappa shape index (κ1) is 15.6. The number of hydrogen-bond acceptors (Lipinski definition) is 3. The van der Waals surface area contributed by atoms with Crippen molar-refractivity contribution < 1.29 is 14.7 Å². The molecule has 0 radical (unpaired) electrons. The number of carbonyl (C=O) groups is 2. The molecule has 1 atom stereocenters. The van der Waals surface area contributed by atoms with Crippen LogP contribution in [0.1, 0.15) is 36.2 Å². The van der Waals surface area contributed by atoms with Crippen molar-refractivity contribution in [1.29, 1.82) is 0 Å². The molecule has 0 fully saturated rings. The molecular weight excluding hydrogens is 262 g/mol. The summed E-state index contributed by atoms with van der Waals surface area (Å²) >= 11 is 1.52. The van der Waals surface area contributed by atoms with Gasteiger partial charge in [0, 0.05) is 11.8 Å². The molecule has 0 heterocycles. The topological polar surface area (TPSA) is 66.4 Å². The van der Waals surface area contributed by atoms with Crippen molar-refractivity contribution in [2.45, 2.75) is 32.1 Å². The Morgan fingerprint density at radius 3 is 2.47 bits per heavy atom. The van der Waals surface area contributed by atoms with Crippen molar-refractivity contribution in [2.75, 3.05) is 5.75 Å². The predicted molar refractivity (Wildman–Crippen MR) is 77.5 cm³/mol. The summed E-state index contributed by atoms with van der Waals surface area (Å²) in [7, 11) is 0. The number of carboxylic acids is 1. The van der Waals surface area contributed by atoms with Gasteiger partial charge in [-0.15, -0.1) is 11.8 Å². The lowest BCUT2D eigenvalue weighted by atomic mass is 10.1. The van der Waals surface area contributed by atoms with Crippen LogP contribution in [0, 0.1) is 0 Å². The molecule has 1 aromatic rings. The number of carbonyl (C=O) groups excluding carboxylic acids is 1. The highest BCUT2D eigenvalue weighted by molar-refractivity contribution is 7.99. The van der Waals surface area contributed by atoms with E-state index in [1.807, 2.05) is 13.8 Å². The van der Waals surface area contributed by atoms with E-state index < -0.39 is 5.97 Å². The number of nitrogens with one attached hydrogen (secondary N) is 1. The zero-order valence-electron chi connectivity index (χ0n) is 11.2. The molecule has 19 heavy (non-hydrogen) atoms. The zero-order chi connectivity index (χ0) is 14.3. The number of hydrogen-bond donors (Lipinski definition) is 2. The Hall–Kier alpha value is -1.49. The van der Waals surface area contributed by atoms with Gasteiger partial charge in [-0.05, 0) is 31.0 Å². The third-order valence-electron chi connectivity index (χ3n) is 2.72. The molecular formula is C14H19NO3S. The maximum Gasteiger partial charge on any atom is 0.335 e. The molecule has 5 heteroatoms. The fourth-order valence-electron chi connectivity index (χ4n) is 1.42. The Balaban J connectivity index is 2.33. The predicted octanol–water partition coefficient (Wildman–Crippen LogP) is 2.53. The quantitative estimate of drug-likeness (QED) is 0.806. The second kappa shape index (κ2) is 7.84. The summed E-state index contributed by atoms with van der Waals surface area (Å²) in [5, 5.41) is 11.7. The normalized spacial score (nSPS) is 11.9. The molecule has 0 aliphatic carbocycles. The minimum atomic E-state index is -0.924. The number of thioether (sulfide) groups is 1. The maximum absolute atomic E-state index is 11.5. The highest BCUT2D eigenvalue weighted by atomic mass is 32.2. The number of benzene rings is 1. The van der Waals surface area contributed by atoms with Crippen molar-refractivity contribution in [2.24, 2.45) is 0 Å². The Bertz CT molecular complexity index is 431. The third kappa shape index (κ3) is 5.79. The molecule has 0 aromatic heterocycles. The van der Waals surface area contributed by atoms with Gasteiger partial charge in [-0.1, -0.05) is 19.1 Å². The van der Waals surface area contributed by atoms with E-state index in [0.29, 0.717) is 11.5 Å². The van der Waals surface area contributed by atoms with E-state index in [-0.39, 0.29) is 17.5 Å². The van der Waals surface area contributed by atoms with Crippen LogP contribution in [0.15, 0.2) is 24.3 Å². The highest BCUT2D eigenvalue weighted by Crippen LogP contribution is 2.13. The second-order valence-corrected chi connectivity index (χ2v) is 5.36. The summed E-state index contributed by atoms with van der Waals surface area (Å²) in [5.41, 5.74) is 1.30. The number of rotatable bonds is 7. The Morgan fingerprint density at radius 2 is 1.95 bits per heavy atom. The molecule has 0 saturated carbocycles. The number of aromatic carboxylic acids is 1. The van der Waals surface area contributed by atoms with E-state index in [0.717, 1.165) is 12.0 Å². The summed E-state index contributed by atoms with van der Waals surface area (Å²) in [5.74, 6) is 0.243. The van der Waals surface area contributed by atoms with Crippen LogP contribution in [0.5, 0.6) is 0 Å². The first-order valence-electron chi connectivity index (χ1n) is 6.22. The van der Waals surface area contributed by atoms with Gasteiger partial charge in [0.1, 0.15) is 0 Å². The molecule has 1 amide bonds. The van der Waals surface area contributed by atoms with Gasteiger partial charge in [0.05, 0.1) is 11.3 Å². The lowest BCUT2D eigenvalue weighted by Crippen LogP contribution is -2.33. The van der Waals surface area contributed by atoms with Crippen LogP contribution >= 0.6 is 11.8 Å².